The van der Waals surface area contributed by atoms with E-state index in [2.05, 4.69) is 26.6 Å². The molecule has 0 aliphatic carbocycles. The topological polar surface area (TPSA) is 67.4 Å². The van der Waals surface area contributed by atoms with E-state index in [4.69, 9.17) is 4.74 Å². The third kappa shape index (κ3) is 4.20. The smallest absolute Gasteiger partial charge is 0.261 e. The van der Waals surface area contributed by atoms with Gasteiger partial charge in [-0.1, -0.05) is 6.07 Å². The van der Waals surface area contributed by atoms with E-state index in [0.717, 1.165) is 16.5 Å². The lowest BCUT2D eigenvalue weighted by Gasteiger charge is -2.24. The SMILES string of the molecule is Cc1ccc(OC(C)C(=O)NC2CCCNC2=O)c(Br)c1. The lowest BCUT2D eigenvalue weighted by atomic mass is 10.1. The van der Waals surface area contributed by atoms with Crippen molar-refractivity contribution < 1.29 is 14.3 Å². The summed E-state index contributed by atoms with van der Waals surface area (Å²) in [6.07, 6.45) is 0.868. The maximum Gasteiger partial charge on any atom is 0.261 e. The Hall–Kier alpha value is -1.56. The van der Waals surface area contributed by atoms with Crippen molar-refractivity contribution in [1.82, 2.24) is 10.6 Å². The van der Waals surface area contributed by atoms with E-state index in [9.17, 15) is 9.59 Å². The van der Waals surface area contributed by atoms with Crippen molar-refractivity contribution in [2.24, 2.45) is 0 Å². The Morgan fingerprint density at radius 3 is 2.95 bits per heavy atom. The summed E-state index contributed by atoms with van der Waals surface area (Å²) in [7, 11) is 0. The standard InChI is InChI=1S/C15H19BrN2O3/c1-9-5-6-13(11(16)8-9)21-10(2)14(19)18-12-4-3-7-17-15(12)20/h5-6,8,10,12H,3-4,7H2,1-2H3,(H,17,20)(H,18,19). The summed E-state index contributed by atoms with van der Waals surface area (Å²) in [6, 6.07) is 5.20. The Bertz CT molecular complexity index is 548. The minimum atomic E-state index is -0.668. The third-order valence-electron chi connectivity index (χ3n) is 3.36. The van der Waals surface area contributed by atoms with Crippen LogP contribution < -0.4 is 15.4 Å². The second-order valence-electron chi connectivity index (χ2n) is 5.19. The molecular weight excluding hydrogens is 336 g/mol. The van der Waals surface area contributed by atoms with Gasteiger partial charge < -0.3 is 15.4 Å². The number of aryl methyl sites for hydroxylation is 1. The van der Waals surface area contributed by atoms with Crippen molar-refractivity contribution in [3.63, 3.8) is 0 Å². The van der Waals surface area contributed by atoms with Gasteiger partial charge in [0.2, 0.25) is 5.91 Å². The third-order valence-corrected chi connectivity index (χ3v) is 3.98. The molecule has 1 heterocycles. The van der Waals surface area contributed by atoms with Gasteiger partial charge in [-0.25, -0.2) is 0 Å². The first-order chi connectivity index (χ1) is 9.97. The summed E-state index contributed by atoms with van der Waals surface area (Å²) < 4.78 is 6.45. The van der Waals surface area contributed by atoms with Gasteiger partial charge in [0.25, 0.3) is 5.91 Å². The van der Waals surface area contributed by atoms with E-state index in [1.807, 2.05) is 25.1 Å². The van der Waals surface area contributed by atoms with Crippen LogP contribution in [0.4, 0.5) is 0 Å². The minimum absolute atomic E-state index is 0.127. The van der Waals surface area contributed by atoms with Gasteiger partial charge in [-0.05, 0) is 60.3 Å². The molecule has 1 aliphatic heterocycles. The Balaban J connectivity index is 1.94. The van der Waals surface area contributed by atoms with Crippen molar-refractivity contribution in [2.75, 3.05) is 6.54 Å². The van der Waals surface area contributed by atoms with E-state index >= 15 is 0 Å². The molecule has 6 heteroatoms. The highest BCUT2D eigenvalue weighted by atomic mass is 79.9. The Morgan fingerprint density at radius 1 is 1.52 bits per heavy atom. The molecule has 0 spiro atoms. The van der Waals surface area contributed by atoms with Crippen LogP contribution in [0.1, 0.15) is 25.3 Å². The molecule has 5 nitrogen and oxygen atoms in total. The number of benzene rings is 1. The first-order valence-electron chi connectivity index (χ1n) is 6.98. The molecular formula is C15H19BrN2O3. The van der Waals surface area contributed by atoms with Gasteiger partial charge in [0.05, 0.1) is 4.47 Å². The van der Waals surface area contributed by atoms with Crippen molar-refractivity contribution >= 4 is 27.7 Å². The van der Waals surface area contributed by atoms with Gasteiger partial charge in [-0.3, -0.25) is 9.59 Å². The molecule has 1 aromatic carbocycles. The predicted octanol–water partition coefficient (Wildman–Crippen LogP) is 1.92. The lowest BCUT2D eigenvalue weighted by molar-refractivity contribution is -0.133. The van der Waals surface area contributed by atoms with Crippen LogP contribution in [0.2, 0.25) is 0 Å². The van der Waals surface area contributed by atoms with E-state index < -0.39 is 12.1 Å². The number of halogens is 1. The second kappa shape index (κ2) is 6.93. The first-order valence-corrected chi connectivity index (χ1v) is 7.77. The summed E-state index contributed by atoms with van der Waals surface area (Å²) in [6.45, 7) is 4.32. The first kappa shape index (κ1) is 15.8. The molecule has 1 fully saturated rings. The van der Waals surface area contributed by atoms with Crippen LogP contribution >= 0.6 is 15.9 Å². The number of ether oxygens (including phenoxy) is 1. The molecule has 2 N–H and O–H groups in total. The van der Waals surface area contributed by atoms with Gasteiger partial charge >= 0.3 is 0 Å². The highest BCUT2D eigenvalue weighted by Gasteiger charge is 2.26. The zero-order valence-electron chi connectivity index (χ0n) is 12.1. The number of amides is 2. The predicted molar refractivity (Wildman–Crippen MR) is 83.1 cm³/mol. The summed E-state index contributed by atoms with van der Waals surface area (Å²) in [5, 5.41) is 5.47. The fourth-order valence-corrected chi connectivity index (χ4v) is 2.73. The van der Waals surface area contributed by atoms with Gasteiger partial charge in [0.15, 0.2) is 6.10 Å². The van der Waals surface area contributed by atoms with Crippen molar-refractivity contribution in [3.05, 3.63) is 28.2 Å². The number of nitrogens with one attached hydrogen (secondary N) is 2. The number of piperidine rings is 1. The molecule has 21 heavy (non-hydrogen) atoms. The molecule has 0 saturated carbocycles. The number of hydrogen-bond donors (Lipinski definition) is 2. The molecule has 0 radical (unpaired) electrons. The molecule has 0 bridgehead atoms. The van der Waals surface area contributed by atoms with Crippen LogP contribution in [0.3, 0.4) is 0 Å². The van der Waals surface area contributed by atoms with Crippen LogP contribution in [0, 0.1) is 6.92 Å². The second-order valence-corrected chi connectivity index (χ2v) is 6.04. The maximum absolute atomic E-state index is 12.1. The molecule has 2 unspecified atom stereocenters. The Morgan fingerprint density at radius 2 is 2.29 bits per heavy atom. The van der Waals surface area contributed by atoms with Gasteiger partial charge in [-0.15, -0.1) is 0 Å². The van der Waals surface area contributed by atoms with Crippen molar-refractivity contribution in [2.45, 2.75) is 38.8 Å². The van der Waals surface area contributed by atoms with Crippen LogP contribution in [-0.4, -0.2) is 30.5 Å². The van der Waals surface area contributed by atoms with Gasteiger partial charge in [-0.2, -0.15) is 0 Å². The molecule has 2 amide bonds. The fourth-order valence-electron chi connectivity index (χ4n) is 2.14. The minimum Gasteiger partial charge on any atom is -0.480 e. The molecule has 1 aliphatic rings. The van der Waals surface area contributed by atoms with E-state index in [1.165, 1.54) is 0 Å². The van der Waals surface area contributed by atoms with Crippen LogP contribution in [0.5, 0.6) is 5.75 Å². The van der Waals surface area contributed by atoms with Crippen LogP contribution in [0.15, 0.2) is 22.7 Å². The maximum atomic E-state index is 12.1. The van der Waals surface area contributed by atoms with Crippen LogP contribution in [-0.2, 0) is 9.59 Å². The fraction of sp³-hybridized carbons (Fsp3) is 0.467. The lowest BCUT2D eigenvalue weighted by Crippen LogP contribution is -2.52. The summed E-state index contributed by atoms with van der Waals surface area (Å²) in [5.41, 5.74) is 1.10. The van der Waals surface area contributed by atoms with E-state index in [1.54, 1.807) is 6.92 Å². The number of carbonyl (C=O) groups is 2. The highest BCUT2D eigenvalue weighted by molar-refractivity contribution is 9.10. The average molecular weight is 355 g/mol. The Labute approximate surface area is 132 Å². The average Bonchev–Trinajstić information content (AvgIpc) is 2.44. The normalized spacial score (nSPS) is 19.6. The summed E-state index contributed by atoms with van der Waals surface area (Å²) in [4.78, 5) is 23.7. The number of hydrogen-bond acceptors (Lipinski definition) is 3. The zero-order valence-corrected chi connectivity index (χ0v) is 13.7. The van der Waals surface area contributed by atoms with Gasteiger partial charge in [0.1, 0.15) is 11.8 Å². The number of carbonyl (C=O) groups excluding carboxylic acids is 2. The molecule has 1 aromatic rings. The largest absolute Gasteiger partial charge is 0.480 e. The van der Waals surface area contributed by atoms with E-state index in [-0.39, 0.29) is 11.8 Å². The highest BCUT2D eigenvalue weighted by Crippen LogP contribution is 2.26. The molecule has 114 valence electrons. The zero-order chi connectivity index (χ0) is 15.4. The quantitative estimate of drug-likeness (QED) is 0.867. The van der Waals surface area contributed by atoms with Gasteiger partial charge in [0, 0.05) is 6.54 Å². The Kier molecular flexibility index (Phi) is 5.22. The molecule has 1 saturated heterocycles. The summed E-state index contributed by atoms with van der Waals surface area (Å²) >= 11 is 3.41. The van der Waals surface area contributed by atoms with Crippen LogP contribution in [0.25, 0.3) is 0 Å². The van der Waals surface area contributed by atoms with E-state index in [0.29, 0.717) is 18.7 Å². The molecule has 2 atom stereocenters. The van der Waals surface area contributed by atoms with Crippen molar-refractivity contribution in [3.8, 4) is 5.75 Å². The molecule has 0 aromatic heterocycles. The molecule has 2 rings (SSSR count). The summed E-state index contributed by atoms with van der Waals surface area (Å²) in [5.74, 6) is 0.194. The monoisotopic (exact) mass is 354 g/mol. The number of rotatable bonds is 4. The van der Waals surface area contributed by atoms with Crippen molar-refractivity contribution in [1.29, 1.82) is 0 Å².